The first-order valence-electron chi connectivity index (χ1n) is 4.72. The van der Waals surface area contributed by atoms with Crippen molar-refractivity contribution >= 4 is 11.5 Å². The summed E-state index contributed by atoms with van der Waals surface area (Å²) in [6.07, 6.45) is 4.45. The molecule has 2 rings (SSSR count). The number of pyridine rings is 1. The van der Waals surface area contributed by atoms with E-state index in [4.69, 9.17) is 0 Å². The van der Waals surface area contributed by atoms with Crippen molar-refractivity contribution in [1.82, 2.24) is 15.0 Å². The quantitative estimate of drug-likeness (QED) is 0.493. The summed E-state index contributed by atoms with van der Waals surface area (Å²) >= 11 is 0. The number of H-pyrrole nitrogens is 1. The maximum atomic E-state index is 10.4. The zero-order valence-corrected chi connectivity index (χ0v) is 8.65. The zero-order chi connectivity index (χ0) is 12.1. The van der Waals surface area contributed by atoms with E-state index < -0.39 is 4.92 Å². The molecule has 8 nitrogen and oxygen atoms in total. The molecule has 2 heterocycles. The SMILES string of the molecule is O=[N+]([O-])c1ccc(N=NCc2ncc[nH]2)nc1. The number of nitrogens with one attached hydrogen (secondary N) is 1. The van der Waals surface area contributed by atoms with E-state index in [0.717, 1.165) is 6.20 Å². The van der Waals surface area contributed by atoms with Gasteiger partial charge in [0.05, 0.1) is 4.92 Å². The van der Waals surface area contributed by atoms with E-state index >= 15 is 0 Å². The molecule has 0 bridgehead atoms. The molecule has 0 saturated carbocycles. The van der Waals surface area contributed by atoms with Crippen LogP contribution in [0.2, 0.25) is 0 Å². The van der Waals surface area contributed by atoms with Crippen LogP contribution in [-0.4, -0.2) is 19.9 Å². The lowest BCUT2D eigenvalue weighted by Gasteiger charge is -1.91. The lowest BCUT2D eigenvalue weighted by Crippen LogP contribution is -1.87. The molecule has 0 aromatic carbocycles. The van der Waals surface area contributed by atoms with Crippen molar-refractivity contribution in [1.29, 1.82) is 0 Å². The molecule has 0 aliphatic heterocycles. The number of nitro groups is 1. The first kappa shape index (κ1) is 10.9. The van der Waals surface area contributed by atoms with Crippen LogP contribution in [0.25, 0.3) is 0 Å². The smallest absolute Gasteiger partial charge is 0.287 e. The van der Waals surface area contributed by atoms with E-state index in [1.54, 1.807) is 12.4 Å². The first-order valence-corrected chi connectivity index (χ1v) is 4.72. The van der Waals surface area contributed by atoms with Gasteiger partial charge >= 0.3 is 0 Å². The molecule has 1 N–H and O–H groups in total. The fourth-order valence-corrected chi connectivity index (χ4v) is 1.10. The third-order valence-corrected chi connectivity index (χ3v) is 1.89. The van der Waals surface area contributed by atoms with E-state index in [2.05, 4.69) is 25.2 Å². The van der Waals surface area contributed by atoms with Crippen molar-refractivity contribution in [3.05, 3.63) is 46.7 Å². The van der Waals surface area contributed by atoms with Gasteiger partial charge in [0.15, 0.2) is 5.82 Å². The molecule has 86 valence electrons. The highest BCUT2D eigenvalue weighted by molar-refractivity contribution is 5.34. The highest BCUT2D eigenvalue weighted by atomic mass is 16.6. The number of rotatable bonds is 4. The molecule has 2 aromatic rings. The van der Waals surface area contributed by atoms with Crippen molar-refractivity contribution in [3.63, 3.8) is 0 Å². The maximum absolute atomic E-state index is 10.4. The van der Waals surface area contributed by atoms with Crippen molar-refractivity contribution in [2.75, 3.05) is 0 Å². The lowest BCUT2D eigenvalue weighted by atomic mass is 10.4. The monoisotopic (exact) mass is 232 g/mol. The second-order valence-electron chi connectivity index (χ2n) is 3.07. The summed E-state index contributed by atoms with van der Waals surface area (Å²) in [5.41, 5.74) is -0.0741. The fourth-order valence-electron chi connectivity index (χ4n) is 1.10. The van der Waals surface area contributed by atoms with Crippen molar-refractivity contribution in [2.24, 2.45) is 10.2 Å². The first-order chi connectivity index (χ1) is 8.25. The van der Waals surface area contributed by atoms with Gasteiger partial charge in [0.25, 0.3) is 5.69 Å². The Bertz CT molecular complexity index is 519. The average molecular weight is 232 g/mol. The number of aromatic nitrogens is 3. The number of nitrogens with zero attached hydrogens (tertiary/aromatic N) is 5. The van der Waals surface area contributed by atoms with Crippen LogP contribution in [0.3, 0.4) is 0 Å². The minimum atomic E-state index is -0.517. The van der Waals surface area contributed by atoms with Crippen molar-refractivity contribution in [3.8, 4) is 0 Å². The summed E-state index contributed by atoms with van der Waals surface area (Å²) < 4.78 is 0. The summed E-state index contributed by atoms with van der Waals surface area (Å²) in [6.45, 7) is 0.311. The van der Waals surface area contributed by atoms with E-state index in [-0.39, 0.29) is 5.69 Å². The molecule has 0 aliphatic carbocycles. The summed E-state index contributed by atoms with van der Waals surface area (Å²) in [7, 11) is 0. The zero-order valence-electron chi connectivity index (χ0n) is 8.65. The van der Waals surface area contributed by atoms with Gasteiger partial charge in [-0.3, -0.25) is 10.1 Å². The number of hydrogen-bond acceptors (Lipinski definition) is 6. The molecule has 0 spiro atoms. The van der Waals surface area contributed by atoms with Crippen LogP contribution in [-0.2, 0) is 6.54 Å². The van der Waals surface area contributed by atoms with Crippen LogP contribution in [0.15, 0.2) is 41.0 Å². The predicted octanol–water partition coefficient (Wildman–Crippen LogP) is 2.00. The number of azo groups is 1. The molecule has 8 heteroatoms. The standard InChI is InChI=1S/C9H8N6O2/c16-15(17)7-1-2-8(12-5-7)14-13-6-9-10-3-4-11-9/h1-5H,6H2,(H,10,11). The fraction of sp³-hybridized carbons (Fsp3) is 0.111. The molecule has 0 fully saturated rings. The van der Waals surface area contributed by atoms with Gasteiger partial charge in [-0.05, 0) is 6.07 Å². The summed E-state index contributed by atoms with van der Waals surface area (Å²) in [5, 5.41) is 18.1. The molecular formula is C9H8N6O2. The van der Waals surface area contributed by atoms with Gasteiger partial charge in [-0.2, -0.15) is 5.11 Å². The molecule has 17 heavy (non-hydrogen) atoms. The van der Waals surface area contributed by atoms with Crippen molar-refractivity contribution < 1.29 is 4.92 Å². The highest BCUT2D eigenvalue weighted by Crippen LogP contribution is 2.14. The Labute approximate surface area is 95.6 Å². The van der Waals surface area contributed by atoms with Crippen LogP contribution >= 0.6 is 0 Å². The third kappa shape index (κ3) is 2.91. The molecule has 0 saturated heterocycles. The Morgan fingerprint density at radius 2 is 2.29 bits per heavy atom. The Morgan fingerprint density at radius 1 is 1.41 bits per heavy atom. The number of imidazole rings is 1. The minimum absolute atomic E-state index is 0.0741. The molecule has 0 unspecified atom stereocenters. The van der Waals surface area contributed by atoms with Crippen LogP contribution in [0.1, 0.15) is 5.82 Å². The molecule has 0 atom stereocenters. The van der Waals surface area contributed by atoms with Crippen molar-refractivity contribution in [2.45, 2.75) is 6.54 Å². The molecule has 0 aliphatic rings. The van der Waals surface area contributed by atoms with Gasteiger partial charge in [-0.25, -0.2) is 9.97 Å². The van der Waals surface area contributed by atoms with Crippen LogP contribution in [0.4, 0.5) is 11.5 Å². The summed E-state index contributed by atoms with van der Waals surface area (Å²) in [5.74, 6) is 1.01. The van der Waals surface area contributed by atoms with Gasteiger partial charge in [-0.15, -0.1) is 5.11 Å². The lowest BCUT2D eigenvalue weighted by molar-refractivity contribution is -0.385. The van der Waals surface area contributed by atoms with E-state index in [9.17, 15) is 10.1 Å². The normalized spacial score (nSPS) is 10.8. The minimum Gasteiger partial charge on any atom is -0.347 e. The molecular weight excluding hydrogens is 224 g/mol. The Hall–Kier alpha value is -2.64. The molecule has 2 aromatic heterocycles. The van der Waals surface area contributed by atoms with Gasteiger partial charge in [0.2, 0.25) is 0 Å². The van der Waals surface area contributed by atoms with Gasteiger partial charge < -0.3 is 4.98 Å². The Kier molecular flexibility index (Phi) is 3.15. The predicted molar refractivity (Wildman–Crippen MR) is 57.7 cm³/mol. The van der Waals surface area contributed by atoms with E-state index in [1.165, 1.54) is 12.1 Å². The number of aromatic amines is 1. The highest BCUT2D eigenvalue weighted by Gasteiger charge is 2.04. The summed E-state index contributed by atoms with van der Waals surface area (Å²) in [6, 6.07) is 2.76. The van der Waals surface area contributed by atoms with E-state index in [1.807, 2.05) is 0 Å². The Balaban J connectivity index is 1.99. The summed E-state index contributed by atoms with van der Waals surface area (Å²) in [4.78, 5) is 20.5. The second kappa shape index (κ2) is 4.92. The molecule has 0 radical (unpaired) electrons. The molecule has 0 amide bonds. The maximum Gasteiger partial charge on any atom is 0.287 e. The van der Waals surface area contributed by atoms with Gasteiger partial charge in [0.1, 0.15) is 18.6 Å². The van der Waals surface area contributed by atoms with Crippen LogP contribution < -0.4 is 0 Å². The second-order valence-corrected chi connectivity index (χ2v) is 3.07. The van der Waals surface area contributed by atoms with Gasteiger partial charge in [0, 0.05) is 18.5 Å². The largest absolute Gasteiger partial charge is 0.347 e. The van der Waals surface area contributed by atoms with E-state index in [0.29, 0.717) is 18.2 Å². The average Bonchev–Trinajstić information content (AvgIpc) is 2.83. The van der Waals surface area contributed by atoms with Gasteiger partial charge in [-0.1, -0.05) is 0 Å². The van der Waals surface area contributed by atoms with Crippen LogP contribution in [0, 0.1) is 10.1 Å². The Morgan fingerprint density at radius 3 is 2.88 bits per heavy atom. The number of hydrogen-bond donors (Lipinski definition) is 1. The third-order valence-electron chi connectivity index (χ3n) is 1.89. The topological polar surface area (TPSA) is 109 Å². The van der Waals surface area contributed by atoms with Crippen LogP contribution in [0.5, 0.6) is 0 Å².